The van der Waals surface area contributed by atoms with Crippen LogP contribution in [0.25, 0.3) is 11.4 Å². The topological polar surface area (TPSA) is 57.8 Å². The fraction of sp³-hybridized carbons (Fsp3) is 0. The summed E-state index contributed by atoms with van der Waals surface area (Å²) < 4.78 is 0.872. The molecule has 0 radical (unpaired) electrons. The Bertz CT molecular complexity index is 736. The quantitative estimate of drug-likeness (QED) is 0.747. The normalized spacial score (nSPS) is 10.4. The lowest BCUT2D eigenvalue weighted by Gasteiger charge is -2.01. The van der Waals surface area contributed by atoms with Crippen molar-refractivity contribution in [2.75, 3.05) is 5.32 Å². The number of halogens is 1. The molecule has 0 aliphatic rings. The zero-order valence-corrected chi connectivity index (χ0v) is 12.7. The lowest BCUT2D eigenvalue weighted by atomic mass is 10.2. The number of anilines is 1. The first kappa shape index (κ1) is 13.1. The second kappa shape index (κ2) is 5.60. The number of rotatable bonds is 3. The van der Waals surface area contributed by atoms with Crippen LogP contribution in [0.15, 0.2) is 52.4 Å². The van der Waals surface area contributed by atoms with E-state index in [0.29, 0.717) is 10.7 Å². The third-order valence-corrected chi connectivity index (χ3v) is 3.94. The van der Waals surface area contributed by atoms with Gasteiger partial charge in [-0.3, -0.25) is 10.1 Å². The molecule has 6 heteroatoms. The molecule has 2 N–H and O–H groups in total. The van der Waals surface area contributed by atoms with Crippen molar-refractivity contribution in [3.63, 3.8) is 0 Å². The smallest absolute Gasteiger partial charge is 0.257 e. The van der Waals surface area contributed by atoms with Crippen LogP contribution in [-0.2, 0) is 0 Å². The molecule has 20 heavy (non-hydrogen) atoms. The number of thiazole rings is 1. The van der Waals surface area contributed by atoms with E-state index in [1.807, 2.05) is 35.8 Å². The number of nitrogens with zero attached hydrogens (tertiary/aromatic N) is 1. The molecule has 2 heterocycles. The highest BCUT2D eigenvalue weighted by Crippen LogP contribution is 2.24. The van der Waals surface area contributed by atoms with Crippen molar-refractivity contribution >= 4 is 38.3 Å². The summed E-state index contributed by atoms with van der Waals surface area (Å²) in [6.07, 6.45) is 1.84. The molecule has 3 rings (SSSR count). The van der Waals surface area contributed by atoms with Gasteiger partial charge in [0.25, 0.3) is 5.91 Å². The number of carbonyl (C=O) groups excluding carboxylic acids is 1. The fourth-order valence-corrected chi connectivity index (χ4v) is 2.85. The van der Waals surface area contributed by atoms with E-state index in [-0.39, 0.29) is 5.91 Å². The Morgan fingerprint density at radius 2 is 2.20 bits per heavy atom. The van der Waals surface area contributed by atoms with Gasteiger partial charge in [-0.1, -0.05) is 22.0 Å². The number of carbonyl (C=O) groups is 1. The largest absolute Gasteiger partial charge is 0.360 e. The van der Waals surface area contributed by atoms with E-state index in [0.717, 1.165) is 15.9 Å². The van der Waals surface area contributed by atoms with Crippen LogP contribution in [0.2, 0.25) is 0 Å². The standard InChI is InChI=1S/C14H10BrN3OS/c15-10-4-1-3-9(7-10)13(19)18-14-17-12(8-20-14)11-5-2-6-16-11/h1-8,16H,(H,17,18,19). The zero-order valence-electron chi connectivity index (χ0n) is 10.3. The predicted molar refractivity (Wildman–Crippen MR) is 84.0 cm³/mol. The van der Waals surface area contributed by atoms with Gasteiger partial charge in [0, 0.05) is 21.6 Å². The average Bonchev–Trinajstić information content (AvgIpc) is 3.08. The number of benzene rings is 1. The average molecular weight is 348 g/mol. The monoisotopic (exact) mass is 347 g/mol. The predicted octanol–water partition coefficient (Wildman–Crippen LogP) is 4.15. The molecule has 1 aromatic carbocycles. The van der Waals surface area contributed by atoms with Gasteiger partial charge < -0.3 is 4.98 Å². The highest BCUT2D eigenvalue weighted by atomic mass is 79.9. The minimum atomic E-state index is -0.168. The van der Waals surface area contributed by atoms with Crippen LogP contribution < -0.4 is 5.32 Å². The summed E-state index contributed by atoms with van der Waals surface area (Å²) in [6.45, 7) is 0. The van der Waals surface area contributed by atoms with E-state index in [1.165, 1.54) is 11.3 Å². The van der Waals surface area contributed by atoms with Crippen molar-refractivity contribution < 1.29 is 4.79 Å². The van der Waals surface area contributed by atoms with Crippen molar-refractivity contribution in [2.45, 2.75) is 0 Å². The van der Waals surface area contributed by atoms with Crippen LogP contribution in [-0.4, -0.2) is 15.9 Å². The molecule has 0 spiro atoms. The Morgan fingerprint density at radius 1 is 1.30 bits per heavy atom. The molecule has 0 bridgehead atoms. The molecule has 0 fully saturated rings. The maximum absolute atomic E-state index is 12.1. The Hall–Kier alpha value is -1.92. The van der Waals surface area contributed by atoms with Crippen LogP contribution in [0.1, 0.15) is 10.4 Å². The minimum absolute atomic E-state index is 0.168. The van der Waals surface area contributed by atoms with E-state index in [1.54, 1.807) is 12.1 Å². The Labute approximate surface area is 128 Å². The highest BCUT2D eigenvalue weighted by Gasteiger charge is 2.10. The van der Waals surface area contributed by atoms with Gasteiger partial charge in [0.2, 0.25) is 0 Å². The minimum Gasteiger partial charge on any atom is -0.360 e. The molecule has 100 valence electrons. The molecular formula is C14H10BrN3OS. The van der Waals surface area contributed by atoms with Gasteiger partial charge in [-0.15, -0.1) is 11.3 Å². The van der Waals surface area contributed by atoms with Gasteiger partial charge in [-0.2, -0.15) is 0 Å². The van der Waals surface area contributed by atoms with Gasteiger partial charge in [-0.25, -0.2) is 4.98 Å². The second-order valence-electron chi connectivity index (χ2n) is 4.09. The van der Waals surface area contributed by atoms with E-state index in [9.17, 15) is 4.79 Å². The molecule has 0 atom stereocenters. The maximum atomic E-state index is 12.1. The summed E-state index contributed by atoms with van der Waals surface area (Å²) in [5.74, 6) is -0.168. The molecule has 2 aromatic heterocycles. The van der Waals surface area contributed by atoms with Gasteiger partial charge in [-0.05, 0) is 30.3 Å². The lowest BCUT2D eigenvalue weighted by molar-refractivity contribution is 0.102. The summed E-state index contributed by atoms with van der Waals surface area (Å²) >= 11 is 4.75. The number of aromatic amines is 1. The highest BCUT2D eigenvalue weighted by molar-refractivity contribution is 9.10. The SMILES string of the molecule is O=C(Nc1nc(-c2ccc[nH]2)cs1)c1cccc(Br)c1. The van der Waals surface area contributed by atoms with Crippen LogP contribution >= 0.6 is 27.3 Å². The molecular weight excluding hydrogens is 338 g/mol. The van der Waals surface area contributed by atoms with E-state index in [4.69, 9.17) is 0 Å². The number of nitrogens with one attached hydrogen (secondary N) is 2. The van der Waals surface area contributed by atoms with Crippen molar-refractivity contribution in [1.82, 2.24) is 9.97 Å². The van der Waals surface area contributed by atoms with E-state index in [2.05, 4.69) is 31.2 Å². The number of H-pyrrole nitrogens is 1. The van der Waals surface area contributed by atoms with Crippen LogP contribution in [0.4, 0.5) is 5.13 Å². The Morgan fingerprint density at radius 3 is 2.95 bits per heavy atom. The summed E-state index contributed by atoms with van der Waals surface area (Å²) in [4.78, 5) is 19.6. The zero-order chi connectivity index (χ0) is 13.9. The van der Waals surface area contributed by atoms with Crippen molar-refractivity contribution in [1.29, 1.82) is 0 Å². The molecule has 3 aromatic rings. The molecule has 0 saturated carbocycles. The first-order chi connectivity index (χ1) is 9.72. The molecule has 0 aliphatic heterocycles. The van der Waals surface area contributed by atoms with Gasteiger partial charge in [0.1, 0.15) is 0 Å². The Balaban J connectivity index is 1.77. The molecule has 4 nitrogen and oxygen atoms in total. The lowest BCUT2D eigenvalue weighted by Crippen LogP contribution is -2.11. The van der Waals surface area contributed by atoms with E-state index < -0.39 is 0 Å². The third kappa shape index (κ3) is 2.81. The maximum Gasteiger partial charge on any atom is 0.257 e. The van der Waals surface area contributed by atoms with Crippen molar-refractivity contribution in [3.05, 3.63) is 58.0 Å². The van der Waals surface area contributed by atoms with Crippen LogP contribution in [0.3, 0.4) is 0 Å². The first-order valence-electron chi connectivity index (χ1n) is 5.88. The number of hydrogen-bond acceptors (Lipinski definition) is 3. The molecule has 0 aliphatic carbocycles. The number of amides is 1. The molecule has 1 amide bonds. The van der Waals surface area contributed by atoms with Crippen molar-refractivity contribution in [2.24, 2.45) is 0 Å². The molecule has 0 saturated heterocycles. The third-order valence-electron chi connectivity index (χ3n) is 2.69. The molecule has 0 unspecified atom stereocenters. The summed E-state index contributed by atoms with van der Waals surface area (Å²) in [5, 5.41) is 5.29. The fourth-order valence-electron chi connectivity index (χ4n) is 1.74. The van der Waals surface area contributed by atoms with Crippen LogP contribution in [0.5, 0.6) is 0 Å². The summed E-state index contributed by atoms with van der Waals surface area (Å²) in [6, 6.07) is 11.1. The second-order valence-corrected chi connectivity index (χ2v) is 5.86. The van der Waals surface area contributed by atoms with Gasteiger partial charge in [0.05, 0.1) is 11.4 Å². The summed E-state index contributed by atoms with van der Waals surface area (Å²) in [5.41, 5.74) is 2.35. The van der Waals surface area contributed by atoms with Crippen molar-refractivity contribution in [3.8, 4) is 11.4 Å². The number of hydrogen-bond donors (Lipinski definition) is 2. The summed E-state index contributed by atoms with van der Waals surface area (Å²) in [7, 11) is 0. The first-order valence-corrected chi connectivity index (χ1v) is 7.56. The Kier molecular flexibility index (Phi) is 3.66. The van der Waals surface area contributed by atoms with Gasteiger partial charge >= 0.3 is 0 Å². The van der Waals surface area contributed by atoms with Gasteiger partial charge in [0.15, 0.2) is 5.13 Å². The number of aromatic nitrogens is 2. The van der Waals surface area contributed by atoms with E-state index >= 15 is 0 Å². The van der Waals surface area contributed by atoms with Crippen LogP contribution in [0, 0.1) is 0 Å².